The number of morpholine rings is 1. The van der Waals surface area contributed by atoms with E-state index in [0.717, 1.165) is 10.9 Å². The third kappa shape index (κ3) is 2.91. The number of benzene rings is 1. The molecule has 0 spiro atoms. The van der Waals surface area contributed by atoms with Gasteiger partial charge in [-0.25, -0.2) is 0 Å². The van der Waals surface area contributed by atoms with E-state index in [1.165, 1.54) is 0 Å². The van der Waals surface area contributed by atoms with Gasteiger partial charge in [0.1, 0.15) is 0 Å². The average molecular weight is 340 g/mol. The molecule has 1 aliphatic rings. The highest BCUT2D eigenvalue weighted by Gasteiger charge is 2.30. The van der Waals surface area contributed by atoms with Crippen molar-refractivity contribution >= 4 is 16.8 Å². The Balaban J connectivity index is 1.56. The monoisotopic (exact) mass is 340 g/mol. The van der Waals surface area contributed by atoms with Crippen LogP contribution in [-0.4, -0.2) is 45.7 Å². The van der Waals surface area contributed by atoms with Crippen LogP contribution in [0.25, 0.3) is 10.9 Å². The normalized spacial score (nSPS) is 18.2. The molecule has 1 aliphatic heterocycles. The van der Waals surface area contributed by atoms with E-state index in [9.17, 15) is 4.79 Å². The fourth-order valence-electron chi connectivity index (χ4n) is 3.04. The smallest absolute Gasteiger partial charge is 0.254 e. The second-order valence-corrected chi connectivity index (χ2v) is 6.49. The first-order valence-electron chi connectivity index (χ1n) is 8.44. The number of carbonyl (C=O) groups excluding carboxylic acids is 1. The SMILES string of the molecule is CC(C)c1nnc(C2CN(C(=O)c3cccc4[nH]ccc34)CCO2)o1. The first-order valence-corrected chi connectivity index (χ1v) is 8.44. The number of rotatable bonds is 3. The van der Waals surface area contributed by atoms with Gasteiger partial charge in [-0.1, -0.05) is 19.9 Å². The average Bonchev–Trinajstić information content (AvgIpc) is 3.30. The molecular formula is C18H20N4O3. The minimum Gasteiger partial charge on any atom is -0.422 e. The molecule has 25 heavy (non-hydrogen) atoms. The zero-order valence-electron chi connectivity index (χ0n) is 14.2. The number of nitrogens with one attached hydrogen (secondary N) is 1. The molecule has 130 valence electrons. The quantitative estimate of drug-likeness (QED) is 0.792. The van der Waals surface area contributed by atoms with Gasteiger partial charge in [0, 0.05) is 35.1 Å². The van der Waals surface area contributed by atoms with E-state index < -0.39 is 0 Å². The van der Waals surface area contributed by atoms with Gasteiger partial charge in [0.25, 0.3) is 5.91 Å². The van der Waals surface area contributed by atoms with Crippen LogP contribution in [0.3, 0.4) is 0 Å². The molecule has 1 fully saturated rings. The number of carbonyl (C=O) groups is 1. The molecule has 0 bridgehead atoms. The highest BCUT2D eigenvalue weighted by molar-refractivity contribution is 6.06. The number of amides is 1. The van der Waals surface area contributed by atoms with E-state index in [1.54, 1.807) is 4.90 Å². The van der Waals surface area contributed by atoms with Crippen molar-refractivity contribution in [3.63, 3.8) is 0 Å². The van der Waals surface area contributed by atoms with Gasteiger partial charge in [-0.15, -0.1) is 10.2 Å². The maximum atomic E-state index is 13.0. The predicted octanol–water partition coefficient (Wildman–Crippen LogP) is 2.89. The van der Waals surface area contributed by atoms with Gasteiger partial charge >= 0.3 is 0 Å². The lowest BCUT2D eigenvalue weighted by atomic mass is 10.1. The van der Waals surface area contributed by atoms with E-state index >= 15 is 0 Å². The number of nitrogens with zero attached hydrogens (tertiary/aromatic N) is 3. The van der Waals surface area contributed by atoms with E-state index in [2.05, 4.69) is 15.2 Å². The summed E-state index contributed by atoms with van der Waals surface area (Å²) < 4.78 is 11.4. The Hall–Kier alpha value is -2.67. The Morgan fingerprint density at radius 1 is 1.32 bits per heavy atom. The van der Waals surface area contributed by atoms with E-state index in [1.807, 2.05) is 44.3 Å². The Kier molecular flexibility index (Phi) is 4.01. The molecule has 1 saturated heterocycles. The van der Waals surface area contributed by atoms with Crippen LogP contribution in [0.4, 0.5) is 0 Å². The van der Waals surface area contributed by atoms with Gasteiger partial charge in [0.05, 0.1) is 13.2 Å². The summed E-state index contributed by atoms with van der Waals surface area (Å²) >= 11 is 0. The maximum Gasteiger partial charge on any atom is 0.254 e. The molecule has 3 heterocycles. The molecule has 7 nitrogen and oxygen atoms in total. The Labute approximate surface area is 145 Å². The Morgan fingerprint density at radius 3 is 3.00 bits per heavy atom. The fourth-order valence-corrected chi connectivity index (χ4v) is 3.04. The van der Waals surface area contributed by atoms with Crippen molar-refractivity contribution in [1.82, 2.24) is 20.1 Å². The third-order valence-electron chi connectivity index (χ3n) is 4.40. The lowest BCUT2D eigenvalue weighted by Crippen LogP contribution is -2.42. The zero-order valence-corrected chi connectivity index (χ0v) is 14.2. The number of ether oxygens (including phenoxy) is 1. The molecule has 0 saturated carbocycles. The van der Waals surface area contributed by atoms with Crippen LogP contribution in [0.2, 0.25) is 0 Å². The molecule has 1 aromatic carbocycles. The van der Waals surface area contributed by atoms with Crippen molar-refractivity contribution in [3.05, 3.63) is 47.8 Å². The highest BCUT2D eigenvalue weighted by Crippen LogP contribution is 2.26. The zero-order chi connectivity index (χ0) is 17.4. The highest BCUT2D eigenvalue weighted by atomic mass is 16.5. The molecule has 0 aliphatic carbocycles. The second kappa shape index (κ2) is 6.33. The van der Waals surface area contributed by atoms with Crippen LogP contribution in [0.1, 0.15) is 48.0 Å². The van der Waals surface area contributed by atoms with Crippen LogP contribution in [0, 0.1) is 0 Å². The molecule has 1 N–H and O–H groups in total. The van der Waals surface area contributed by atoms with E-state index in [0.29, 0.717) is 37.0 Å². The molecular weight excluding hydrogens is 320 g/mol. The van der Waals surface area contributed by atoms with Gasteiger partial charge in [-0.3, -0.25) is 4.79 Å². The van der Waals surface area contributed by atoms with Gasteiger partial charge in [-0.2, -0.15) is 0 Å². The van der Waals surface area contributed by atoms with Crippen LogP contribution >= 0.6 is 0 Å². The number of fused-ring (bicyclic) bond motifs is 1. The summed E-state index contributed by atoms with van der Waals surface area (Å²) in [4.78, 5) is 17.9. The van der Waals surface area contributed by atoms with Gasteiger partial charge in [-0.05, 0) is 18.2 Å². The van der Waals surface area contributed by atoms with Crippen molar-refractivity contribution in [2.75, 3.05) is 19.7 Å². The Morgan fingerprint density at radius 2 is 2.20 bits per heavy atom. The molecule has 1 unspecified atom stereocenters. The first-order chi connectivity index (χ1) is 12.1. The van der Waals surface area contributed by atoms with Crippen LogP contribution < -0.4 is 0 Å². The second-order valence-electron chi connectivity index (χ2n) is 6.49. The van der Waals surface area contributed by atoms with E-state index in [-0.39, 0.29) is 17.9 Å². The molecule has 3 aromatic rings. The summed E-state index contributed by atoms with van der Waals surface area (Å²) in [5.74, 6) is 1.16. The minimum atomic E-state index is -0.386. The van der Waals surface area contributed by atoms with Crippen molar-refractivity contribution in [1.29, 1.82) is 0 Å². The van der Waals surface area contributed by atoms with Crippen molar-refractivity contribution in [2.45, 2.75) is 25.9 Å². The van der Waals surface area contributed by atoms with Crippen LogP contribution in [0.15, 0.2) is 34.9 Å². The summed E-state index contributed by atoms with van der Waals surface area (Å²) in [6.45, 7) is 5.37. The predicted molar refractivity (Wildman–Crippen MR) is 91.3 cm³/mol. The minimum absolute atomic E-state index is 0.0119. The summed E-state index contributed by atoms with van der Waals surface area (Å²) in [6.07, 6.45) is 1.46. The summed E-state index contributed by atoms with van der Waals surface area (Å²) in [5.41, 5.74) is 1.64. The summed E-state index contributed by atoms with van der Waals surface area (Å²) in [6, 6.07) is 7.62. The van der Waals surface area contributed by atoms with Crippen molar-refractivity contribution in [3.8, 4) is 0 Å². The lowest BCUT2D eigenvalue weighted by Gasteiger charge is -2.31. The molecule has 1 atom stereocenters. The van der Waals surface area contributed by atoms with Crippen LogP contribution in [0.5, 0.6) is 0 Å². The summed E-state index contributed by atoms with van der Waals surface area (Å²) in [5, 5.41) is 9.06. The number of H-pyrrole nitrogens is 1. The Bertz CT molecular complexity index is 899. The number of aromatic nitrogens is 3. The van der Waals surface area contributed by atoms with Crippen molar-refractivity contribution in [2.24, 2.45) is 0 Å². The molecule has 2 aromatic heterocycles. The first kappa shape index (κ1) is 15.8. The number of hydrogen-bond donors (Lipinski definition) is 1. The van der Waals surface area contributed by atoms with Crippen LogP contribution in [-0.2, 0) is 4.74 Å². The van der Waals surface area contributed by atoms with Gasteiger partial charge in [0.2, 0.25) is 11.8 Å². The standard InChI is InChI=1S/C18H20N4O3/c1-11(2)16-20-21-17(25-16)15-10-22(8-9-24-15)18(23)13-4-3-5-14-12(13)6-7-19-14/h3-7,11,15,19H,8-10H2,1-2H3. The maximum absolute atomic E-state index is 13.0. The summed E-state index contributed by atoms with van der Waals surface area (Å²) in [7, 11) is 0. The van der Waals surface area contributed by atoms with E-state index in [4.69, 9.17) is 9.15 Å². The largest absolute Gasteiger partial charge is 0.422 e. The van der Waals surface area contributed by atoms with Gasteiger partial charge < -0.3 is 19.0 Å². The molecule has 0 radical (unpaired) electrons. The lowest BCUT2D eigenvalue weighted by molar-refractivity contribution is -0.0350. The molecule has 1 amide bonds. The van der Waals surface area contributed by atoms with Crippen molar-refractivity contribution < 1.29 is 13.9 Å². The molecule has 4 rings (SSSR count). The van der Waals surface area contributed by atoms with Gasteiger partial charge in [0.15, 0.2) is 6.10 Å². The number of aromatic amines is 1. The topological polar surface area (TPSA) is 84.2 Å². The molecule has 7 heteroatoms. The third-order valence-corrected chi connectivity index (χ3v) is 4.40. The number of hydrogen-bond acceptors (Lipinski definition) is 5. The fraction of sp³-hybridized carbons (Fsp3) is 0.389.